The van der Waals surface area contributed by atoms with E-state index in [4.69, 9.17) is 10.00 Å². The summed E-state index contributed by atoms with van der Waals surface area (Å²) in [4.78, 5) is 25.0. The van der Waals surface area contributed by atoms with Gasteiger partial charge in [-0.25, -0.2) is 0 Å². The normalized spacial score (nSPS) is 15.8. The van der Waals surface area contributed by atoms with Gasteiger partial charge in [-0.15, -0.1) is 11.8 Å². The number of para-hydroxylation sites is 1. The molecule has 0 bridgehead atoms. The van der Waals surface area contributed by atoms with E-state index in [9.17, 15) is 9.59 Å². The second kappa shape index (κ2) is 7.20. The number of nitriles is 1. The molecule has 1 aliphatic heterocycles. The Labute approximate surface area is 143 Å². The topological polar surface area (TPSA) is 79.2 Å². The number of rotatable bonds is 4. The van der Waals surface area contributed by atoms with Gasteiger partial charge in [-0.2, -0.15) is 5.26 Å². The van der Waals surface area contributed by atoms with Gasteiger partial charge in [0.25, 0.3) is 0 Å². The maximum Gasteiger partial charge on any atom is 0.307 e. The van der Waals surface area contributed by atoms with Gasteiger partial charge in [0.1, 0.15) is 6.61 Å². The maximum absolute atomic E-state index is 12.1. The zero-order valence-electron chi connectivity index (χ0n) is 12.7. The summed E-state index contributed by atoms with van der Waals surface area (Å²) in [5.41, 5.74) is 2.13. The van der Waals surface area contributed by atoms with Crippen molar-refractivity contribution in [2.75, 3.05) is 5.32 Å². The van der Waals surface area contributed by atoms with Gasteiger partial charge >= 0.3 is 5.97 Å². The molecule has 0 spiro atoms. The number of thioether (sulfide) groups is 1. The smallest absolute Gasteiger partial charge is 0.307 e. The van der Waals surface area contributed by atoms with Crippen molar-refractivity contribution in [2.24, 2.45) is 0 Å². The summed E-state index contributed by atoms with van der Waals surface area (Å²) in [6.45, 7) is 0.125. The van der Waals surface area contributed by atoms with Crippen molar-refractivity contribution >= 4 is 29.3 Å². The number of ether oxygens (including phenoxy) is 1. The average molecular weight is 338 g/mol. The van der Waals surface area contributed by atoms with Crippen molar-refractivity contribution < 1.29 is 14.3 Å². The van der Waals surface area contributed by atoms with E-state index in [0.29, 0.717) is 5.56 Å². The molecule has 3 rings (SSSR count). The van der Waals surface area contributed by atoms with Crippen LogP contribution in [0.2, 0.25) is 0 Å². The van der Waals surface area contributed by atoms with E-state index < -0.39 is 11.2 Å². The minimum absolute atomic E-state index is 0.0150. The number of nitrogens with one attached hydrogen (secondary N) is 1. The molecule has 0 radical (unpaired) electrons. The summed E-state index contributed by atoms with van der Waals surface area (Å²) in [5.74, 6) is -0.611. The van der Waals surface area contributed by atoms with Crippen LogP contribution in [-0.4, -0.2) is 17.1 Å². The SMILES string of the molecule is N#Cc1ccc(COC(=O)C[C@@H]2Sc3ccccc3NC2=O)cc1. The molecule has 1 N–H and O–H groups in total. The molecule has 0 saturated heterocycles. The zero-order chi connectivity index (χ0) is 16.9. The van der Waals surface area contributed by atoms with Gasteiger partial charge in [0.05, 0.1) is 29.0 Å². The fourth-order valence-corrected chi connectivity index (χ4v) is 3.37. The number of esters is 1. The Hall–Kier alpha value is -2.78. The van der Waals surface area contributed by atoms with E-state index in [0.717, 1.165) is 16.1 Å². The molecule has 0 fully saturated rings. The van der Waals surface area contributed by atoms with Crippen LogP contribution >= 0.6 is 11.8 Å². The van der Waals surface area contributed by atoms with Crippen molar-refractivity contribution in [3.63, 3.8) is 0 Å². The maximum atomic E-state index is 12.1. The molecule has 0 saturated carbocycles. The fourth-order valence-electron chi connectivity index (χ4n) is 2.28. The lowest BCUT2D eigenvalue weighted by atomic mass is 10.1. The predicted molar refractivity (Wildman–Crippen MR) is 90.3 cm³/mol. The molecule has 1 amide bonds. The zero-order valence-corrected chi connectivity index (χ0v) is 13.5. The summed E-state index contributed by atoms with van der Waals surface area (Å²) in [5, 5.41) is 11.1. The number of benzene rings is 2. The minimum Gasteiger partial charge on any atom is -0.461 e. The third kappa shape index (κ3) is 3.76. The number of amides is 1. The Morgan fingerprint density at radius 1 is 1.21 bits per heavy atom. The van der Waals surface area contributed by atoms with Crippen LogP contribution in [0.15, 0.2) is 53.4 Å². The highest BCUT2D eigenvalue weighted by atomic mass is 32.2. The molecule has 1 heterocycles. The van der Waals surface area contributed by atoms with E-state index in [1.807, 2.05) is 30.3 Å². The highest BCUT2D eigenvalue weighted by Crippen LogP contribution is 2.36. The molecular formula is C18H14N2O3S. The first-order valence-electron chi connectivity index (χ1n) is 7.37. The van der Waals surface area contributed by atoms with Crippen molar-refractivity contribution in [3.8, 4) is 6.07 Å². The highest BCUT2D eigenvalue weighted by Gasteiger charge is 2.29. The number of hydrogen-bond donors (Lipinski definition) is 1. The quantitative estimate of drug-likeness (QED) is 0.867. The molecule has 6 heteroatoms. The first-order chi connectivity index (χ1) is 11.7. The molecule has 1 atom stereocenters. The van der Waals surface area contributed by atoms with Gasteiger partial charge in [-0.05, 0) is 29.8 Å². The van der Waals surface area contributed by atoms with E-state index in [-0.39, 0.29) is 18.9 Å². The molecule has 5 nitrogen and oxygen atoms in total. The largest absolute Gasteiger partial charge is 0.461 e. The molecule has 0 unspecified atom stereocenters. The van der Waals surface area contributed by atoms with Crippen molar-refractivity contribution in [2.45, 2.75) is 23.2 Å². The van der Waals surface area contributed by atoms with Gasteiger partial charge in [-0.3, -0.25) is 9.59 Å². The summed E-state index contributed by atoms with van der Waals surface area (Å²) < 4.78 is 5.23. The fraction of sp³-hybridized carbons (Fsp3) is 0.167. The van der Waals surface area contributed by atoms with Crippen molar-refractivity contribution in [1.29, 1.82) is 5.26 Å². The van der Waals surface area contributed by atoms with Gasteiger partial charge in [0, 0.05) is 4.90 Å². The molecule has 0 aliphatic carbocycles. The summed E-state index contributed by atoms with van der Waals surface area (Å²) >= 11 is 1.37. The molecule has 24 heavy (non-hydrogen) atoms. The summed E-state index contributed by atoms with van der Waals surface area (Å²) in [6.07, 6.45) is 0.0150. The van der Waals surface area contributed by atoms with Crippen LogP contribution in [0.25, 0.3) is 0 Å². The first-order valence-corrected chi connectivity index (χ1v) is 8.25. The Morgan fingerprint density at radius 3 is 2.71 bits per heavy atom. The number of nitrogens with zero attached hydrogens (tertiary/aromatic N) is 1. The molecule has 2 aromatic carbocycles. The number of anilines is 1. The minimum atomic E-state index is -0.492. The summed E-state index contributed by atoms with van der Waals surface area (Å²) in [7, 11) is 0. The van der Waals surface area contributed by atoms with Crippen LogP contribution in [-0.2, 0) is 20.9 Å². The standard InChI is InChI=1S/C18H14N2O3S/c19-10-12-5-7-13(8-6-12)11-23-17(21)9-16-18(22)20-14-3-1-2-4-15(14)24-16/h1-8,16H,9,11H2,(H,20,22)/t16-/m0/s1. The number of carbonyl (C=O) groups excluding carboxylic acids is 2. The third-order valence-corrected chi connectivity index (χ3v) is 4.82. The van der Waals surface area contributed by atoms with E-state index >= 15 is 0 Å². The molecular weight excluding hydrogens is 324 g/mol. The second-order valence-electron chi connectivity index (χ2n) is 5.27. The van der Waals surface area contributed by atoms with Crippen LogP contribution < -0.4 is 5.32 Å². The van der Waals surface area contributed by atoms with Crippen LogP contribution in [0.3, 0.4) is 0 Å². The molecule has 120 valence electrons. The van der Waals surface area contributed by atoms with E-state index in [1.54, 1.807) is 24.3 Å². The number of carbonyl (C=O) groups is 2. The van der Waals surface area contributed by atoms with Gasteiger partial charge in [0.2, 0.25) is 5.91 Å². The van der Waals surface area contributed by atoms with Crippen molar-refractivity contribution in [1.82, 2.24) is 0 Å². The lowest BCUT2D eigenvalue weighted by molar-refractivity contribution is -0.145. The van der Waals surface area contributed by atoms with E-state index in [1.165, 1.54) is 11.8 Å². The highest BCUT2D eigenvalue weighted by molar-refractivity contribution is 8.01. The van der Waals surface area contributed by atoms with Crippen LogP contribution in [0.1, 0.15) is 17.5 Å². The monoisotopic (exact) mass is 338 g/mol. The Morgan fingerprint density at radius 2 is 1.96 bits per heavy atom. The van der Waals surface area contributed by atoms with Crippen LogP contribution in [0, 0.1) is 11.3 Å². The van der Waals surface area contributed by atoms with Gasteiger partial charge in [-0.1, -0.05) is 24.3 Å². The second-order valence-corrected chi connectivity index (χ2v) is 6.51. The van der Waals surface area contributed by atoms with Gasteiger partial charge in [0.15, 0.2) is 0 Å². The van der Waals surface area contributed by atoms with Gasteiger partial charge < -0.3 is 10.1 Å². The molecule has 1 aliphatic rings. The first kappa shape index (κ1) is 16.1. The number of fused-ring (bicyclic) bond motifs is 1. The molecule has 2 aromatic rings. The number of hydrogen-bond acceptors (Lipinski definition) is 5. The average Bonchev–Trinajstić information content (AvgIpc) is 2.61. The van der Waals surface area contributed by atoms with Crippen molar-refractivity contribution in [3.05, 3.63) is 59.7 Å². The van der Waals surface area contributed by atoms with E-state index in [2.05, 4.69) is 5.32 Å². The Kier molecular flexibility index (Phi) is 4.82. The van der Waals surface area contributed by atoms with Crippen LogP contribution in [0.5, 0.6) is 0 Å². The molecule has 0 aromatic heterocycles. The van der Waals surface area contributed by atoms with Crippen LogP contribution in [0.4, 0.5) is 5.69 Å². The lowest BCUT2D eigenvalue weighted by Crippen LogP contribution is -2.31. The Balaban J connectivity index is 1.55. The third-order valence-electron chi connectivity index (χ3n) is 3.54. The Bertz CT molecular complexity index is 812. The summed E-state index contributed by atoms with van der Waals surface area (Å²) in [6, 6.07) is 16.3. The lowest BCUT2D eigenvalue weighted by Gasteiger charge is -2.23. The predicted octanol–water partition coefficient (Wildman–Crippen LogP) is 3.10.